The third-order valence-corrected chi connectivity index (χ3v) is 4.31. The minimum atomic E-state index is 0.651. The van der Waals surface area contributed by atoms with Gasteiger partial charge in [0.25, 0.3) is 0 Å². The molecule has 0 aromatic carbocycles. The Morgan fingerprint density at radius 2 is 1.87 bits per heavy atom. The SMILES string of the molecule is CCc1nc(OC)ccc1-c1nc2c(C)cn(CC)c2cc1C. The number of nitrogens with zero attached hydrogens (tertiary/aromatic N) is 3. The van der Waals surface area contributed by atoms with Gasteiger partial charge in [-0.15, -0.1) is 0 Å². The van der Waals surface area contributed by atoms with Crippen LogP contribution in [0.3, 0.4) is 0 Å². The lowest BCUT2D eigenvalue weighted by Crippen LogP contribution is -1.99. The number of aryl methyl sites for hydroxylation is 4. The van der Waals surface area contributed by atoms with E-state index in [1.165, 1.54) is 16.6 Å². The fourth-order valence-corrected chi connectivity index (χ4v) is 3.09. The summed E-state index contributed by atoms with van der Waals surface area (Å²) in [4.78, 5) is 9.56. The van der Waals surface area contributed by atoms with Gasteiger partial charge in [0.1, 0.15) is 0 Å². The van der Waals surface area contributed by atoms with Gasteiger partial charge < -0.3 is 9.30 Å². The Morgan fingerprint density at radius 3 is 2.52 bits per heavy atom. The van der Waals surface area contributed by atoms with Crippen molar-refractivity contribution in [1.29, 1.82) is 0 Å². The largest absolute Gasteiger partial charge is 0.481 e. The number of aromatic nitrogens is 3. The molecule has 0 aliphatic carbocycles. The number of hydrogen-bond donors (Lipinski definition) is 0. The molecule has 0 aliphatic heterocycles. The van der Waals surface area contributed by atoms with E-state index in [9.17, 15) is 0 Å². The predicted molar refractivity (Wildman–Crippen MR) is 94.0 cm³/mol. The van der Waals surface area contributed by atoms with Gasteiger partial charge in [0.2, 0.25) is 5.88 Å². The number of hydrogen-bond acceptors (Lipinski definition) is 3. The van der Waals surface area contributed by atoms with Crippen LogP contribution in [0.15, 0.2) is 24.4 Å². The van der Waals surface area contributed by atoms with E-state index < -0.39 is 0 Å². The zero-order valence-electron chi connectivity index (χ0n) is 14.5. The predicted octanol–water partition coefficient (Wildman–Crippen LogP) is 4.31. The Labute approximate surface area is 137 Å². The van der Waals surface area contributed by atoms with E-state index in [2.05, 4.69) is 55.6 Å². The molecule has 0 amide bonds. The monoisotopic (exact) mass is 309 g/mol. The number of rotatable bonds is 4. The summed E-state index contributed by atoms with van der Waals surface area (Å²) in [6.45, 7) is 9.46. The summed E-state index contributed by atoms with van der Waals surface area (Å²) in [5, 5.41) is 0. The first kappa shape index (κ1) is 15.5. The molecule has 23 heavy (non-hydrogen) atoms. The fraction of sp³-hybridized carbons (Fsp3) is 0.368. The first-order valence-corrected chi connectivity index (χ1v) is 8.10. The maximum absolute atomic E-state index is 5.25. The standard InChI is InChI=1S/C19H23N3O/c1-6-15-14(8-9-17(20-15)23-5)18-12(3)10-16-19(21-18)13(4)11-22(16)7-2/h8-11H,6-7H2,1-5H3. The Kier molecular flexibility index (Phi) is 4.07. The lowest BCUT2D eigenvalue weighted by Gasteiger charge is -2.12. The van der Waals surface area contributed by atoms with Crippen LogP contribution in [0.5, 0.6) is 5.88 Å². The molecule has 120 valence electrons. The van der Waals surface area contributed by atoms with Crippen molar-refractivity contribution >= 4 is 11.0 Å². The molecule has 0 saturated carbocycles. The third kappa shape index (κ3) is 2.58. The zero-order chi connectivity index (χ0) is 16.6. The van der Waals surface area contributed by atoms with Crippen molar-refractivity contribution in [3.8, 4) is 17.1 Å². The Hall–Kier alpha value is -2.36. The zero-order valence-corrected chi connectivity index (χ0v) is 14.5. The van der Waals surface area contributed by atoms with Crippen molar-refractivity contribution in [2.24, 2.45) is 0 Å². The first-order valence-electron chi connectivity index (χ1n) is 8.10. The molecule has 0 spiro atoms. The molecule has 3 rings (SSSR count). The summed E-state index contributed by atoms with van der Waals surface area (Å²) in [6, 6.07) is 6.21. The van der Waals surface area contributed by atoms with Gasteiger partial charge in [-0.25, -0.2) is 9.97 Å². The van der Waals surface area contributed by atoms with Gasteiger partial charge in [-0.05, 0) is 50.5 Å². The average Bonchev–Trinajstić information content (AvgIpc) is 2.88. The molecule has 3 aromatic heterocycles. The molecule has 0 atom stereocenters. The second-order valence-electron chi connectivity index (χ2n) is 5.82. The van der Waals surface area contributed by atoms with Gasteiger partial charge in [0, 0.05) is 24.4 Å². The lowest BCUT2D eigenvalue weighted by molar-refractivity contribution is 0.396. The summed E-state index contributed by atoms with van der Waals surface area (Å²) in [6.07, 6.45) is 3.02. The highest BCUT2D eigenvalue weighted by molar-refractivity contribution is 5.84. The van der Waals surface area contributed by atoms with Gasteiger partial charge in [0.05, 0.1) is 29.5 Å². The Morgan fingerprint density at radius 1 is 1.09 bits per heavy atom. The number of ether oxygens (including phenoxy) is 1. The highest BCUT2D eigenvalue weighted by Crippen LogP contribution is 2.30. The van der Waals surface area contributed by atoms with E-state index in [-0.39, 0.29) is 0 Å². The summed E-state index contributed by atoms with van der Waals surface area (Å²) < 4.78 is 7.50. The van der Waals surface area contributed by atoms with Crippen LogP contribution < -0.4 is 4.74 Å². The maximum atomic E-state index is 5.25. The van der Waals surface area contributed by atoms with Crippen LogP contribution in [0.2, 0.25) is 0 Å². The summed E-state index contributed by atoms with van der Waals surface area (Å²) >= 11 is 0. The van der Waals surface area contributed by atoms with E-state index in [1.807, 2.05) is 6.07 Å². The molecule has 4 heteroatoms. The van der Waals surface area contributed by atoms with Crippen molar-refractivity contribution in [2.45, 2.75) is 40.7 Å². The van der Waals surface area contributed by atoms with E-state index in [4.69, 9.17) is 9.72 Å². The highest BCUT2D eigenvalue weighted by atomic mass is 16.5. The lowest BCUT2D eigenvalue weighted by atomic mass is 10.0. The summed E-state index contributed by atoms with van der Waals surface area (Å²) in [5.41, 5.74) is 7.79. The molecule has 3 aromatic rings. The van der Waals surface area contributed by atoms with Crippen molar-refractivity contribution in [3.63, 3.8) is 0 Å². The van der Waals surface area contributed by atoms with Crippen LogP contribution in [0, 0.1) is 13.8 Å². The van der Waals surface area contributed by atoms with Gasteiger partial charge in [0.15, 0.2) is 0 Å². The summed E-state index contributed by atoms with van der Waals surface area (Å²) in [5.74, 6) is 0.651. The molecule has 0 fully saturated rings. The quantitative estimate of drug-likeness (QED) is 0.721. The van der Waals surface area contributed by atoms with Crippen molar-refractivity contribution in [2.75, 3.05) is 7.11 Å². The van der Waals surface area contributed by atoms with Crippen LogP contribution in [-0.4, -0.2) is 21.6 Å². The molecular formula is C19H23N3O. The van der Waals surface area contributed by atoms with E-state index in [0.29, 0.717) is 5.88 Å². The molecule has 0 unspecified atom stereocenters. The topological polar surface area (TPSA) is 39.9 Å². The second-order valence-corrected chi connectivity index (χ2v) is 5.82. The van der Waals surface area contributed by atoms with Crippen LogP contribution in [0.25, 0.3) is 22.3 Å². The summed E-state index contributed by atoms with van der Waals surface area (Å²) in [7, 11) is 1.65. The van der Waals surface area contributed by atoms with Crippen molar-refractivity contribution < 1.29 is 4.74 Å². The van der Waals surface area contributed by atoms with Crippen molar-refractivity contribution in [3.05, 3.63) is 41.2 Å². The number of methoxy groups -OCH3 is 1. The minimum absolute atomic E-state index is 0.651. The number of fused-ring (bicyclic) bond motifs is 1. The Balaban J connectivity index is 2.24. The molecule has 0 bridgehead atoms. The number of pyridine rings is 2. The van der Waals surface area contributed by atoms with Crippen LogP contribution in [0.1, 0.15) is 30.7 Å². The maximum Gasteiger partial charge on any atom is 0.213 e. The van der Waals surface area contributed by atoms with Gasteiger partial charge >= 0.3 is 0 Å². The van der Waals surface area contributed by atoms with Gasteiger partial charge in [-0.2, -0.15) is 0 Å². The third-order valence-electron chi connectivity index (χ3n) is 4.31. The molecule has 0 aliphatic rings. The van der Waals surface area contributed by atoms with E-state index in [1.54, 1.807) is 7.11 Å². The molecule has 3 heterocycles. The normalized spacial score (nSPS) is 11.2. The van der Waals surface area contributed by atoms with Crippen LogP contribution >= 0.6 is 0 Å². The molecule has 0 N–H and O–H groups in total. The first-order chi connectivity index (χ1) is 11.1. The Bertz CT molecular complexity index is 865. The van der Waals surface area contributed by atoms with E-state index in [0.717, 1.165) is 35.4 Å². The molecular weight excluding hydrogens is 286 g/mol. The molecule has 4 nitrogen and oxygen atoms in total. The van der Waals surface area contributed by atoms with Crippen molar-refractivity contribution in [1.82, 2.24) is 14.5 Å². The second kappa shape index (κ2) is 6.03. The molecule has 0 saturated heterocycles. The fourth-order valence-electron chi connectivity index (χ4n) is 3.09. The van der Waals surface area contributed by atoms with Crippen LogP contribution in [-0.2, 0) is 13.0 Å². The molecule has 0 radical (unpaired) electrons. The van der Waals surface area contributed by atoms with E-state index >= 15 is 0 Å². The average molecular weight is 309 g/mol. The van der Waals surface area contributed by atoms with Crippen LogP contribution in [0.4, 0.5) is 0 Å². The van der Waals surface area contributed by atoms with Gasteiger partial charge in [-0.3, -0.25) is 0 Å². The van der Waals surface area contributed by atoms with Gasteiger partial charge in [-0.1, -0.05) is 6.92 Å². The smallest absolute Gasteiger partial charge is 0.213 e. The minimum Gasteiger partial charge on any atom is -0.481 e. The highest BCUT2D eigenvalue weighted by Gasteiger charge is 2.15.